The Bertz CT molecular complexity index is 998. The molecule has 4 rings (SSSR count). The van der Waals surface area contributed by atoms with Crippen LogP contribution in [0.4, 0.5) is 18.9 Å². The second-order valence-electron chi connectivity index (χ2n) is 7.17. The summed E-state index contributed by atoms with van der Waals surface area (Å²) in [6.07, 6.45) is -3.89. The molecule has 29 heavy (non-hydrogen) atoms. The van der Waals surface area contributed by atoms with Gasteiger partial charge >= 0.3 is 11.8 Å². The second kappa shape index (κ2) is 6.84. The Morgan fingerprint density at radius 1 is 1.24 bits per heavy atom. The van der Waals surface area contributed by atoms with Crippen LogP contribution in [0.2, 0.25) is 0 Å². The Kier molecular flexibility index (Phi) is 4.57. The first kappa shape index (κ1) is 19.4. The molecule has 2 aliphatic rings. The van der Waals surface area contributed by atoms with Crippen LogP contribution < -0.4 is 10.1 Å². The van der Waals surface area contributed by atoms with Gasteiger partial charge < -0.3 is 15.0 Å². The number of fused-ring (bicyclic) bond motifs is 1. The number of rotatable bonds is 4. The predicted molar refractivity (Wildman–Crippen MR) is 100 cm³/mol. The van der Waals surface area contributed by atoms with E-state index in [4.69, 9.17) is 4.74 Å². The van der Waals surface area contributed by atoms with E-state index in [2.05, 4.69) is 20.4 Å². The lowest BCUT2D eigenvalue weighted by Gasteiger charge is -2.27. The number of alkyl halides is 3. The van der Waals surface area contributed by atoms with Crippen molar-refractivity contribution in [2.75, 3.05) is 26.0 Å². The summed E-state index contributed by atoms with van der Waals surface area (Å²) in [5.41, 5.74) is -0.00875. The molecule has 2 heterocycles. The molecule has 0 spiro atoms. The lowest BCUT2D eigenvalue weighted by atomic mass is 9.97. The smallest absolute Gasteiger partial charge is 0.442 e. The summed E-state index contributed by atoms with van der Waals surface area (Å²) < 4.78 is 45.2. The van der Waals surface area contributed by atoms with Crippen molar-refractivity contribution in [3.63, 3.8) is 0 Å². The molecule has 0 radical (unpaired) electrons. The quantitative estimate of drug-likeness (QED) is 0.834. The summed E-state index contributed by atoms with van der Waals surface area (Å²) >= 11 is 0. The highest BCUT2D eigenvalue weighted by atomic mass is 19.4. The molecule has 2 aromatic carbocycles. The minimum Gasteiger partial charge on any atom is -0.496 e. The molecule has 0 fully saturated rings. The summed E-state index contributed by atoms with van der Waals surface area (Å²) in [5, 5.41) is 9.24. The maximum absolute atomic E-state index is 13.3. The number of benzene rings is 2. The normalized spacial score (nSPS) is 17.6. The SMILES string of the molecule is COc1ccc(C2(C(F)(F)F)N=N2)cc1C(=O)Nc1cccc2c1CCN(C)C2. The van der Waals surface area contributed by atoms with E-state index in [1.165, 1.54) is 19.2 Å². The fourth-order valence-electron chi connectivity index (χ4n) is 3.60. The number of hydrogen-bond acceptors (Lipinski definition) is 5. The molecule has 6 nitrogen and oxygen atoms in total. The maximum Gasteiger partial charge on any atom is 0.442 e. The van der Waals surface area contributed by atoms with Crippen molar-refractivity contribution >= 4 is 11.6 Å². The van der Waals surface area contributed by atoms with Crippen LogP contribution >= 0.6 is 0 Å². The Balaban J connectivity index is 1.66. The van der Waals surface area contributed by atoms with Crippen LogP contribution in [-0.4, -0.2) is 37.7 Å². The highest BCUT2D eigenvalue weighted by molar-refractivity contribution is 6.06. The van der Waals surface area contributed by atoms with Gasteiger partial charge in [0.05, 0.1) is 12.7 Å². The van der Waals surface area contributed by atoms with Crippen molar-refractivity contribution < 1.29 is 22.7 Å². The van der Waals surface area contributed by atoms with E-state index in [-0.39, 0.29) is 16.9 Å². The van der Waals surface area contributed by atoms with E-state index < -0.39 is 17.7 Å². The van der Waals surface area contributed by atoms with Crippen molar-refractivity contribution in [3.05, 3.63) is 58.7 Å². The van der Waals surface area contributed by atoms with Crippen molar-refractivity contribution in [1.29, 1.82) is 0 Å². The molecule has 0 saturated carbocycles. The van der Waals surface area contributed by atoms with Crippen molar-refractivity contribution in [2.45, 2.75) is 24.8 Å². The molecule has 0 aliphatic carbocycles. The predicted octanol–water partition coefficient (Wildman–Crippen LogP) is 4.12. The minimum atomic E-state index is -4.67. The van der Waals surface area contributed by atoms with E-state index >= 15 is 0 Å². The number of nitrogens with one attached hydrogen (secondary N) is 1. The van der Waals surface area contributed by atoms with E-state index in [0.29, 0.717) is 5.69 Å². The fraction of sp³-hybridized carbons (Fsp3) is 0.350. The number of carbonyl (C=O) groups excluding carboxylic acids is 1. The van der Waals surface area contributed by atoms with Gasteiger partial charge in [0.25, 0.3) is 5.91 Å². The summed E-state index contributed by atoms with van der Waals surface area (Å²) in [6.45, 7) is 1.63. The molecule has 0 aromatic heterocycles. The van der Waals surface area contributed by atoms with Crippen LogP contribution in [0.3, 0.4) is 0 Å². The lowest BCUT2D eigenvalue weighted by Crippen LogP contribution is -2.30. The lowest BCUT2D eigenvalue weighted by molar-refractivity contribution is -0.166. The zero-order valence-corrected chi connectivity index (χ0v) is 15.9. The van der Waals surface area contributed by atoms with Crippen LogP contribution in [0.1, 0.15) is 27.0 Å². The highest BCUT2D eigenvalue weighted by Gasteiger charge is 2.65. The molecule has 152 valence electrons. The first-order chi connectivity index (χ1) is 13.7. The van der Waals surface area contributed by atoms with E-state index in [1.807, 2.05) is 19.2 Å². The molecule has 0 atom stereocenters. The zero-order chi connectivity index (χ0) is 20.8. The maximum atomic E-state index is 13.3. The van der Waals surface area contributed by atoms with Crippen LogP contribution in [-0.2, 0) is 18.6 Å². The third-order valence-electron chi connectivity index (χ3n) is 5.25. The summed E-state index contributed by atoms with van der Waals surface area (Å²) in [7, 11) is 3.38. The first-order valence-corrected chi connectivity index (χ1v) is 9.05. The number of anilines is 1. The van der Waals surface area contributed by atoms with Crippen molar-refractivity contribution in [3.8, 4) is 5.75 Å². The number of halogens is 3. The number of likely N-dealkylation sites (N-methyl/N-ethyl adjacent to an activating group) is 1. The number of hydrogen-bond donors (Lipinski definition) is 1. The number of methoxy groups -OCH3 is 1. The average Bonchev–Trinajstić information content (AvgIpc) is 3.49. The Hall–Kier alpha value is -2.94. The largest absolute Gasteiger partial charge is 0.496 e. The van der Waals surface area contributed by atoms with Gasteiger partial charge in [-0.15, -0.1) is 10.2 Å². The van der Waals surface area contributed by atoms with Gasteiger partial charge in [0.2, 0.25) is 0 Å². The molecule has 0 unspecified atom stereocenters. The highest BCUT2D eigenvalue weighted by Crippen LogP contribution is 2.52. The van der Waals surface area contributed by atoms with Gasteiger partial charge in [-0.05, 0) is 42.8 Å². The Labute approximate surface area is 165 Å². The Morgan fingerprint density at radius 2 is 2.00 bits per heavy atom. The van der Waals surface area contributed by atoms with Crippen LogP contribution in [0.5, 0.6) is 5.75 Å². The summed E-state index contributed by atoms with van der Waals surface area (Å²) in [6, 6.07) is 9.35. The van der Waals surface area contributed by atoms with Gasteiger partial charge in [-0.2, -0.15) is 13.2 Å². The van der Waals surface area contributed by atoms with Crippen LogP contribution in [0, 0.1) is 0 Å². The molecular weight excluding hydrogens is 385 g/mol. The number of ether oxygens (including phenoxy) is 1. The van der Waals surface area contributed by atoms with Crippen molar-refractivity contribution in [2.24, 2.45) is 10.2 Å². The molecule has 0 saturated heterocycles. The van der Waals surface area contributed by atoms with Gasteiger partial charge in [-0.25, -0.2) is 0 Å². The van der Waals surface area contributed by atoms with E-state index in [0.717, 1.165) is 36.7 Å². The van der Waals surface area contributed by atoms with Gasteiger partial charge in [0.15, 0.2) is 0 Å². The molecule has 2 aromatic rings. The monoisotopic (exact) mass is 404 g/mol. The summed E-state index contributed by atoms with van der Waals surface area (Å²) in [4.78, 5) is 15.1. The number of carbonyl (C=O) groups is 1. The number of amides is 1. The average molecular weight is 404 g/mol. The van der Waals surface area contributed by atoms with Crippen LogP contribution in [0.15, 0.2) is 46.6 Å². The third kappa shape index (κ3) is 3.35. The first-order valence-electron chi connectivity index (χ1n) is 9.05. The molecule has 1 N–H and O–H groups in total. The van der Waals surface area contributed by atoms with E-state index in [9.17, 15) is 18.0 Å². The minimum absolute atomic E-state index is 0.00328. The third-order valence-corrected chi connectivity index (χ3v) is 5.25. The molecule has 2 aliphatic heterocycles. The standard InChI is InChI=1S/C20H19F3N4O2/c1-27-9-8-14-12(11-27)4-3-5-16(14)24-18(28)15-10-13(6-7-17(15)29-2)19(25-26-19)20(21,22)23/h3-7,10H,8-9,11H2,1-2H3,(H,24,28). The molecule has 0 bridgehead atoms. The van der Waals surface area contributed by atoms with Crippen molar-refractivity contribution in [1.82, 2.24) is 4.90 Å². The molecular formula is C20H19F3N4O2. The molecule has 9 heteroatoms. The zero-order valence-electron chi connectivity index (χ0n) is 15.9. The summed E-state index contributed by atoms with van der Waals surface area (Å²) in [5.74, 6) is -0.372. The van der Waals surface area contributed by atoms with Gasteiger partial charge in [0, 0.05) is 24.3 Å². The second-order valence-corrected chi connectivity index (χ2v) is 7.17. The van der Waals surface area contributed by atoms with E-state index in [1.54, 1.807) is 6.07 Å². The topological polar surface area (TPSA) is 66.3 Å². The van der Waals surface area contributed by atoms with Gasteiger partial charge in [0.1, 0.15) is 5.75 Å². The number of nitrogens with zero attached hydrogens (tertiary/aromatic N) is 3. The fourth-order valence-corrected chi connectivity index (χ4v) is 3.60. The Morgan fingerprint density at radius 3 is 2.66 bits per heavy atom. The van der Waals surface area contributed by atoms with Crippen LogP contribution in [0.25, 0.3) is 0 Å². The van der Waals surface area contributed by atoms with Gasteiger partial charge in [-0.3, -0.25) is 4.79 Å². The van der Waals surface area contributed by atoms with Gasteiger partial charge in [-0.1, -0.05) is 18.2 Å². The molecule has 1 amide bonds.